The van der Waals surface area contributed by atoms with Crippen LogP contribution in [0.1, 0.15) is 26.2 Å². The van der Waals surface area contributed by atoms with Crippen LogP contribution in [0.5, 0.6) is 0 Å². The number of nitrogens with zero attached hydrogens (tertiary/aromatic N) is 2. The normalized spacial score (nSPS) is 27.9. The van der Waals surface area contributed by atoms with Crippen LogP contribution in [0, 0.1) is 5.92 Å². The van der Waals surface area contributed by atoms with Gasteiger partial charge in [-0.2, -0.15) is 0 Å². The third-order valence-electron chi connectivity index (χ3n) is 4.04. The molecule has 0 bridgehead atoms. The number of anilines is 2. The van der Waals surface area contributed by atoms with Crippen LogP contribution < -0.4 is 10.2 Å². The molecule has 0 aliphatic carbocycles. The fraction of sp³-hybridized carbons (Fsp3) is 0.615. The minimum absolute atomic E-state index is 0.689. The van der Waals surface area contributed by atoms with Crippen molar-refractivity contribution in [3.05, 3.63) is 18.5 Å². The van der Waals surface area contributed by atoms with Gasteiger partial charge in [0, 0.05) is 25.3 Å². The quantitative estimate of drug-likeness (QED) is 0.783. The Hall–Kier alpha value is -1.25. The first-order valence-electron chi connectivity index (χ1n) is 6.33. The highest BCUT2D eigenvalue weighted by Crippen LogP contribution is 2.36. The molecule has 16 heavy (non-hydrogen) atoms. The Morgan fingerprint density at radius 2 is 2.50 bits per heavy atom. The molecule has 2 unspecified atom stereocenters. The van der Waals surface area contributed by atoms with E-state index in [1.807, 2.05) is 12.4 Å². The van der Waals surface area contributed by atoms with Crippen molar-refractivity contribution in [2.75, 3.05) is 23.3 Å². The van der Waals surface area contributed by atoms with Crippen molar-refractivity contribution in [3.8, 4) is 0 Å². The summed E-state index contributed by atoms with van der Waals surface area (Å²) in [5, 5.41) is 3.50. The average Bonchev–Trinajstić information content (AvgIpc) is 2.38. The van der Waals surface area contributed by atoms with Gasteiger partial charge >= 0.3 is 0 Å². The van der Waals surface area contributed by atoms with Crippen LogP contribution in [0.25, 0.3) is 0 Å². The van der Waals surface area contributed by atoms with E-state index >= 15 is 0 Å². The summed E-state index contributed by atoms with van der Waals surface area (Å²) < 4.78 is 0. The number of aromatic nitrogens is 1. The van der Waals surface area contributed by atoms with Crippen molar-refractivity contribution in [2.45, 2.75) is 32.2 Å². The molecule has 1 aromatic heterocycles. The molecule has 1 saturated heterocycles. The van der Waals surface area contributed by atoms with Gasteiger partial charge in [0.25, 0.3) is 0 Å². The van der Waals surface area contributed by atoms with Crippen LogP contribution in [-0.4, -0.2) is 24.1 Å². The number of pyridine rings is 1. The Morgan fingerprint density at radius 1 is 1.56 bits per heavy atom. The SMILES string of the molecule is CCC1CCN2c3ccncc3NCC2C1. The summed E-state index contributed by atoms with van der Waals surface area (Å²) in [7, 11) is 0. The molecule has 2 aliphatic rings. The summed E-state index contributed by atoms with van der Waals surface area (Å²) in [4.78, 5) is 6.75. The first-order valence-corrected chi connectivity index (χ1v) is 6.33. The van der Waals surface area contributed by atoms with Gasteiger partial charge in [0.2, 0.25) is 0 Å². The fourth-order valence-electron chi connectivity index (χ4n) is 3.02. The third kappa shape index (κ3) is 1.55. The second kappa shape index (κ2) is 3.96. The number of rotatable bonds is 1. The van der Waals surface area contributed by atoms with Crippen LogP contribution in [0.15, 0.2) is 18.5 Å². The summed E-state index contributed by atoms with van der Waals surface area (Å²) in [6.07, 6.45) is 7.85. The maximum atomic E-state index is 4.18. The van der Waals surface area contributed by atoms with Gasteiger partial charge in [-0.25, -0.2) is 0 Å². The molecule has 2 aliphatic heterocycles. The van der Waals surface area contributed by atoms with Crippen molar-refractivity contribution in [3.63, 3.8) is 0 Å². The number of hydrogen-bond donors (Lipinski definition) is 1. The molecular formula is C13H19N3. The maximum absolute atomic E-state index is 4.18. The van der Waals surface area contributed by atoms with E-state index in [0.29, 0.717) is 6.04 Å². The van der Waals surface area contributed by atoms with Crippen LogP contribution in [-0.2, 0) is 0 Å². The van der Waals surface area contributed by atoms with Gasteiger partial charge in [-0.1, -0.05) is 13.3 Å². The number of hydrogen-bond acceptors (Lipinski definition) is 3. The summed E-state index contributed by atoms with van der Waals surface area (Å²) in [5.74, 6) is 0.923. The van der Waals surface area contributed by atoms with E-state index < -0.39 is 0 Å². The Labute approximate surface area is 96.9 Å². The molecule has 86 valence electrons. The van der Waals surface area contributed by atoms with E-state index in [4.69, 9.17) is 0 Å². The zero-order chi connectivity index (χ0) is 11.0. The predicted molar refractivity (Wildman–Crippen MR) is 66.9 cm³/mol. The van der Waals surface area contributed by atoms with Gasteiger partial charge in [0.1, 0.15) is 0 Å². The second-order valence-corrected chi connectivity index (χ2v) is 4.92. The van der Waals surface area contributed by atoms with Crippen LogP contribution in [0.2, 0.25) is 0 Å². The zero-order valence-corrected chi connectivity index (χ0v) is 9.82. The van der Waals surface area contributed by atoms with Crippen molar-refractivity contribution in [1.82, 2.24) is 4.98 Å². The monoisotopic (exact) mass is 217 g/mol. The largest absolute Gasteiger partial charge is 0.380 e. The first kappa shape index (κ1) is 9.94. The molecule has 0 saturated carbocycles. The molecule has 3 heterocycles. The number of piperidine rings is 1. The highest BCUT2D eigenvalue weighted by Gasteiger charge is 2.31. The lowest BCUT2D eigenvalue weighted by Gasteiger charge is -2.44. The Morgan fingerprint density at radius 3 is 3.38 bits per heavy atom. The van der Waals surface area contributed by atoms with Gasteiger partial charge in [-0.15, -0.1) is 0 Å². The lowest BCUT2D eigenvalue weighted by atomic mass is 9.87. The standard InChI is InChI=1S/C13H19N3/c1-2-10-4-6-16-11(7-10)8-15-12-9-14-5-3-13(12)16/h3,5,9-11,15H,2,4,6-8H2,1H3. The number of fused-ring (bicyclic) bond motifs is 3. The Kier molecular flexibility index (Phi) is 2.46. The van der Waals surface area contributed by atoms with E-state index in [9.17, 15) is 0 Å². The van der Waals surface area contributed by atoms with E-state index in [1.54, 1.807) is 0 Å². The van der Waals surface area contributed by atoms with Crippen molar-refractivity contribution in [1.29, 1.82) is 0 Å². The van der Waals surface area contributed by atoms with E-state index in [1.165, 1.54) is 37.2 Å². The highest BCUT2D eigenvalue weighted by molar-refractivity contribution is 5.71. The Balaban J connectivity index is 1.86. The molecule has 3 heteroatoms. The molecular weight excluding hydrogens is 198 g/mol. The molecule has 1 fully saturated rings. The van der Waals surface area contributed by atoms with Gasteiger partial charge in [0.15, 0.2) is 0 Å². The molecule has 0 radical (unpaired) electrons. The first-order chi connectivity index (χ1) is 7.88. The molecule has 2 atom stereocenters. The summed E-state index contributed by atoms with van der Waals surface area (Å²) >= 11 is 0. The maximum Gasteiger partial charge on any atom is 0.0765 e. The topological polar surface area (TPSA) is 28.2 Å². The van der Waals surface area contributed by atoms with E-state index in [2.05, 4.69) is 28.2 Å². The zero-order valence-electron chi connectivity index (χ0n) is 9.82. The molecule has 1 N–H and O–H groups in total. The van der Waals surface area contributed by atoms with Crippen molar-refractivity contribution < 1.29 is 0 Å². The highest BCUT2D eigenvalue weighted by atomic mass is 15.2. The smallest absolute Gasteiger partial charge is 0.0765 e. The summed E-state index contributed by atoms with van der Waals surface area (Å²) in [6.45, 7) is 4.60. The average molecular weight is 217 g/mol. The lowest BCUT2D eigenvalue weighted by Crippen LogP contribution is -2.49. The Bertz CT molecular complexity index is 377. The van der Waals surface area contributed by atoms with E-state index in [-0.39, 0.29) is 0 Å². The van der Waals surface area contributed by atoms with Crippen LogP contribution in [0.4, 0.5) is 11.4 Å². The second-order valence-electron chi connectivity index (χ2n) is 4.92. The van der Waals surface area contributed by atoms with Gasteiger partial charge in [0.05, 0.1) is 17.6 Å². The predicted octanol–water partition coefficient (Wildman–Crippen LogP) is 2.50. The summed E-state index contributed by atoms with van der Waals surface area (Å²) in [6, 6.07) is 2.83. The number of nitrogens with one attached hydrogen (secondary N) is 1. The third-order valence-corrected chi connectivity index (χ3v) is 4.04. The lowest BCUT2D eigenvalue weighted by molar-refractivity contribution is 0.336. The molecule has 3 rings (SSSR count). The van der Waals surface area contributed by atoms with Crippen LogP contribution >= 0.6 is 0 Å². The molecule has 0 aromatic carbocycles. The fourth-order valence-corrected chi connectivity index (χ4v) is 3.02. The molecule has 0 amide bonds. The minimum Gasteiger partial charge on any atom is -0.380 e. The van der Waals surface area contributed by atoms with Crippen LogP contribution in [0.3, 0.4) is 0 Å². The van der Waals surface area contributed by atoms with Crippen molar-refractivity contribution in [2.24, 2.45) is 5.92 Å². The molecule has 0 spiro atoms. The van der Waals surface area contributed by atoms with E-state index in [0.717, 1.165) is 12.5 Å². The molecule has 1 aromatic rings. The van der Waals surface area contributed by atoms with Crippen molar-refractivity contribution >= 4 is 11.4 Å². The van der Waals surface area contributed by atoms with Gasteiger partial charge in [-0.3, -0.25) is 4.98 Å². The molecule has 3 nitrogen and oxygen atoms in total. The van der Waals surface area contributed by atoms with Gasteiger partial charge in [-0.05, 0) is 24.8 Å². The van der Waals surface area contributed by atoms with Gasteiger partial charge < -0.3 is 10.2 Å². The summed E-state index contributed by atoms with van der Waals surface area (Å²) in [5.41, 5.74) is 2.55. The minimum atomic E-state index is 0.689.